The molecule has 0 aliphatic carbocycles. The highest BCUT2D eigenvalue weighted by atomic mass is 16.4. The number of carbonyl (C=O) groups excluding carboxylic acids is 1. The molecule has 0 saturated heterocycles. The molecule has 0 aromatic carbocycles. The molecular weight excluding hydrogens is 236 g/mol. The topological polar surface area (TPSA) is 88.3 Å². The molecule has 18 heavy (non-hydrogen) atoms. The van der Waals surface area contributed by atoms with E-state index in [2.05, 4.69) is 10.3 Å². The molecule has 1 N–H and O–H groups in total. The van der Waals surface area contributed by atoms with Crippen LogP contribution in [0.5, 0.6) is 0 Å². The monoisotopic (exact) mass is 254 g/mol. The van der Waals surface area contributed by atoms with Crippen LogP contribution in [-0.2, 0) is 16.8 Å². The lowest BCUT2D eigenvalue weighted by Crippen LogP contribution is -2.30. The summed E-state index contributed by atoms with van der Waals surface area (Å²) in [5.41, 5.74) is -0.108. The quantitative estimate of drug-likeness (QED) is 0.841. The zero-order valence-corrected chi connectivity index (χ0v) is 11.3. The van der Waals surface area contributed by atoms with E-state index in [1.54, 1.807) is 14.1 Å². The third-order valence-corrected chi connectivity index (χ3v) is 2.43. The average Bonchev–Trinajstić information content (AvgIpc) is 2.60. The van der Waals surface area contributed by atoms with E-state index in [0.29, 0.717) is 5.69 Å². The first kappa shape index (κ1) is 14.1. The molecule has 0 spiro atoms. The van der Waals surface area contributed by atoms with Crippen LogP contribution in [0.1, 0.15) is 37.0 Å². The number of hydrogen-bond acceptors (Lipinski definition) is 4. The molecule has 1 aromatic rings. The zero-order valence-electron chi connectivity index (χ0n) is 11.3. The Morgan fingerprint density at radius 1 is 1.33 bits per heavy atom. The van der Waals surface area contributed by atoms with E-state index in [9.17, 15) is 9.59 Å². The molecule has 0 radical (unpaired) electrons. The molecule has 0 saturated carbocycles. The van der Waals surface area contributed by atoms with Gasteiger partial charge in [0.2, 0.25) is 5.91 Å². The molecule has 0 aliphatic heterocycles. The standard InChI is InChI=1S/C11H18N4O3/c1-11(2,3)9-8(10(17)18)12-13-15(9)6-7(16)14(4)5/h6H2,1-5H3,(H,17,18). The van der Waals surface area contributed by atoms with Crippen LogP contribution < -0.4 is 0 Å². The van der Waals surface area contributed by atoms with Gasteiger partial charge in [0.25, 0.3) is 0 Å². The molecule has 100 valence electrons. The van der Waals surface area contributed by atoms with Crippen LogP contribution >= 0.6 is 0 Å². The first-order valence-electron chi connectivity index (χ1n) is 5.52. The number of aromatic nitrogens is 3. The number of carbonyl (C=O) groups is 2. The molecule has 0 aliphatic rings. The molecule has 0 atom stereocenters. The fourth-order valence-corrected chi connectivity index (χ4v) is 1.58. The molecule has 1 amide bonds. The van der Waals surface area contributed by atoms with Crippen molar-refractivity contribution in [3.05, 3.63) is 11.4 Å². The third kappa shape index (κ3) is 2.85. The highest BCUT2D eigenvalue weighted by Crippen LogP contribution is 2.24. The summed E-state index contributed by atoms with van der Waals surface area (Å²) in [4.78, 5) is 24.2. The molecule has 1 rings (SSSR count). The number of nitrogens with zero attached hydrogens (tertiary/aromatic N) is 4. The Kier molecular flexibility index (Phi) is 3.73. The molecule has 7 nitrogen and oxygen atoms in total. The smallest absolute Gasteiger partial charge is 0.358 e. The summed E-state index contributed by atoms with van der Waals surface area (Å²) in [5.74, 6) is -1.30. The minimum Gasteiger partial charge on any atom is -0.476 e. The van der Waals surface area contributed by atoms with Crippen molar-refractivity contribution in [1.29, 1.82) is 0 Å². The van der Waals surface area contributed by atoms with Crippen LogP contribution in [0.3, 0.4) is 0 Å². The number of likely N-dealkylation sites (N-methyl/N-ethyl adjacent to an activating group) is 1. The first-order valence-corrected chi connectivity index (χ1v) is 5.52. The fourth-order valence-electron chi connectivity index (χ4n) is 1.58. The van der Waals surface area contributed by atoms with E-state index in [0.717, 1.165) is 0 Å². The highest BCUT2D eigenvalue weighted by Gasteiger charge is 2.29. The van der Waals surface area contributed by atoms with Gasteiger partial charge in [-0.1, -0.05) is 26.0 Å². The normalized spacial score (nSPS) is 11.4. The summed E-state index contributed by atoms with van der Waals surface area (Å²) in [6.45, 7) is 5.55. The number of carboxylic acids is 1. The minimum absolute atomic E-state index is 0.0140. The van der Waals surface area contributed by atoms with Gasteiger partial charge in [-0.05, 0) is 0 Å². The van der Waals surface area contributed by atoms with E-state index in [1.807, 2.05) is 20.8 Å². The Morgan fingerprint density at radius 2 is 1.89 bits per heavy atom. The van der Waals surface area contributed by atoms with Crippen molar-refractivity contribution in [2.24, 2.45) is 0 Å². The zero-order chi connectivity index (χ0) is 14.1. The number of aromatic carboxylic acids is 1. The van der Waals surface area contributed by atoms with Crippen LogP contribution in [0.15, 0.2) is 0 Å². The van der Waals surface area contributed by atoms with E-state index >= 15 is 0 Å². The van der Waals surface area contributed by atoms with E-state index in [-0.39, 0.29) is 18.1 Å². The van der Waals surface area contributed by atoms with Crippen molar-refractivity contribution in [1.82, 2.24) is 19.9 Å². The second-order valence-electron chi connectivity index (χ2n) is 5.29. The van der Waals surface area contributed by atoms with Gasteiger partial charge in [-0.3, -0.25) is 4.79 Å². The van der Waals surface area contributed by atoms with E-state index in [1.165, 1.54) is 9.58 Å². The maximum absolute atomic E-state index is 11.7. The summed E-state index contributed by atoms with van der Waals surface area (Å²) in [6.07, 6.45) is 0. The highest BCUT2D eigenvalue weighted by molar-refractivity contribution is 5.87. The van der Waals surface area contributed by atoms with Crippen molar-refractivity contribution in [3.63, 3.8) is 0 Å². The summed E-state index contributed by atoms with van der Waals surface area (Å²) in [5, 5.41) is 16.5. The van der Waals surface area contributed by atoms with Gasteiger partial charge in [-0.2, -0.15) is 0 Å². The summed E-state index contributed by atoms with van der Waals surface area (Å²) < 4.78 is 1.35. The Morgan fingerprint density at radius 3 is 2.28 bits per heavy atom. The molecule has 0 fully saturated rings. The van der Waals surface area contributed by atoms with E-state index < -0.39 is 11.4 Å². The number of carboxylic acid groups (broad SMARTS) is 1. The van der Waals surface area contributed by atoms with Gasteiger partial charge in [0.15, 0.2) is 5.69 Å². The van der Waals surface area contributed by atoms with Crippen molar-refractivity contribution >= 4 is 11.9 Å². The van der Waals surface area contributed by atoms with Gasteiger partial charge < -0.3 is 10.0 Å². The SMILES string of the molecule is CN(C)C(=O)Cn1nnc(C(=O)O)c1C(C)(C)C. The third-order valence-electron chi connectivity index (χ3n) is 2.43. The predicted molar refractivity (Wildman–Crippen MR) is 64.4 cm³/mol. The Bertz CT molecular complexity index is 471. The van der Waals surface area contributed by atoms with Crippen LogP contribution in [0, 0.1) is 0 Å². The molecule has 7 heteroatoms. The lowest BCUT2D eigenvalue weighted by molar-refractivity contribution is -0.129. The van der Waals surface area contributed by atoms with Gasteiger partial charge in [0.05, 0.1) is 5.69 Å². The number of amides is 1. The maximum atomic E-state index is 11.7. The lowest BCUT2D eigenvalue weighted by Gasteiger charge is -2.20. The van der Waals surface area contributed by atoms with Crippen LogP contribution in [0.4, 0.5) is 0 Å². The minimum atomic E-state index is -1.14. The van der Waals surface area contributed by atoms with Crippen molar-refractivity contribution in [2.45, 2.75) is 32.7 Å². The van der Waals surface area contributed by atoms with Gasteiger partial charge in [-0.25, -0.2) is 9.48 Å². The Balaban J connectivity index is 3.22. The number of hydrogen-bond donors (Lipinski definition) is 1. The van der Waals surface area contributed by atoms with Gasteiger partial charge >= 0.3 is 5.97 Å². The largest absolute Gasteiger partial charge is 0.476 e. The average molecular weight is 254 g/mol. The summed E-state index contributed by atoms with van der Waals surface area (Å²) >= 11 is 0. The van der Waals surface area contributed by atoms with Crippen LogP contribution in [0.2, 0.25) is 0 Å². The summed E-state index contributed by atoms with van der Waals surface area (Å²) in [6, 6.07) is 0. The first-order chi connectivity index (χ1) is 8.14. The molecule has 0 unspecified atom stereocenters. The second-order valence-corrected chi connectivity index (χ2v) is 5.29. The molecule has 1 heterocycles. The maximum Gasteiger partial charge on any atom is 0.358 e. The predicted octanol–water partition coefficient (Wildman–Crippen LogP) is 0.362. The molecule has 0 bridgehead atoms. The van der Waals surface area contributed by atoms with Crippen LogP contribution in [0.25, 0.3) is 0 Å². The van der Waals surface area contributed by atoms with E-state index in [4.69, 9.17) is 5.11 Å². The van der Waals surface area contributed by atoms with Gasteiger partial charge in [0, 0.05) is 19.5 Å². The van der Waals surface area contributed by atoms with Crippen LogP contribution in [-0.4, -0.2) is 51.0 Å². The van der Waals surface area contributed by atoms with Gasteiger partial charge in [-0.15, -0.1) is 5.10 Å². The Labute approximate surface area is 105 Å². The van der Waals surface area contributed by atoms with Gasteiger partial charge in [0.1, 0.15) is 6.54 Å². The number of rotatable bonds is 3. The second kappa shape index (κ2) is 4.75. The Hall–Kier alpha value is -1.92. The van der Waals surface area contributed by atoms with Crippen molar-refractivity contribution in [2.75, 3.05) is 14.1 Å². The summed E-state index contributed by atoms with van der Waals surface area (Å²) in [7, 11) is 3.27. The molecule has 1 aromatic heterocycles. The van der Waals surface area contributed by atoms with Crippen molar-refractivity contribution in [3.8, 4) is 0 Å². The lowest BCUT2D eigenvalue weighted by atomic mass is 9.90. The fraction of sp³-hybridized carbons (Fsp3) is 0.636. The molecular formula is C11H18N4O3. The van der Waals surface area contributed by atoms with Crippen molar-refractivity contribution < 1.29 is 14.7 Å².